The van der Waals surface area contributed by atoms with E-state index >= 15 is 0 Å². The first-order valence-corrected chi connectivity index (χ1v) is 12.1. The topological polar surface area (TPSA) is 144 Å². The number of sulfonamides is 1. The monoisotopic (exact) mass is 512 g/mol. The maximum Gasteiger partial charge on any atom is 1.00 e. The summed E-state index contributed by atoms with van der Waals surface area (Å²) in [5.41, 5.74) is 0.999. The first-order chi connectivity index (χ1) is 14.0. The van der Waals surface area contributed by atoms with Gasteiger partial charge in [-0.25, -0.2) is 21.6 Å². The maximum atomic E-state index is 12.2. The van der Waals surface area contributed by atoms with Gasteiger partial charge in [0.15, 0.2) is 0 Å². The third-order valence-corrected chi connectivity index (χ3v) is 7.29. The predicted octanol–water partition coefficient (Wildman–Crippen LogP) is 1.40. The van der Waals surface area contributed by atoms with Gasteiger partial charge in [-0.1, -0.05) is 42.3 Å². The molecule has 0 saturated heterocycles. The van der Waals surface area contributed by atoms with E-state index in [9.17, 15) is 21.4 Å². The molecule has 0 aliphatic carbocycles. The minimum Gasteiger partial charge on any atom is -0.744 e. The van der Waals surface area contributed by atoms with Gasteiger partial charge < -0.3 is 9.54 Å². The SMILES string of the molecule is CCNS(=O)(=O)c1cc(Cl)c(N=Nc2c(C)[nH]c3c(S(=O)(=O)[O-])cccc23)cc1Cl.[Na+]. The molecule has 0 atom stereocenters. The van der Waals surface area contributed by atoms with Crippen molar-refractivity contribution in [2.75, 3.05) is 6.54 Å². The molecule has 1 aromatic heterocycles. The number of aromatic amines is 1. The third kappa shape index (κ3) is 5.49. The van der Waals surface area contributed by atoms with Crippen molar-refractivity contribution in [2.45, 2.75) is 23.6 Å². The van der Waals surface area contributed by atoms with E-state index in [0.29, 0.717) is 16.8 Å². The van der Waals surface area contributed by atoms with Gasteiger partial charge in [0.1, 0.15) is 26.4 Å². The molecule has 0 aliphatic rings. The minimum absolute atomic E-state index is 0. The van der Waals surface area contributed by atoms with E-state index in [1.807, 2.05) is 0 Å². The number of nitrogens with one attached hydrogen (secondary N) is 2. The second kappa shape index (κ2) is 9.86. The third-order valence-electron chi connectivity index (χ3n) is 4.10. The quantitative estimate of drug-likeness (QED) is 0.291. The second-order valence-electron chi connectivity index (χ2n) is 6.17. The van der Waals surface area contributed by atoms with Crippen molar-refractivity contribution in [1.82, 2.24) is 9.71 Å². The zero-order chi connectivity index (χ0) is 22.3. The Bertz CT molecular complexity index is 1390. The Morgan fingerprint density at radius 3 is 2.35 bits per heavy atom. The fourth-order valence-electron chi connectivity index (χ4n) is 2.82. The van der Waals surface area contributed by atoms with E-state index in [2.05, 4.69) is 19.9 Å². The molecule has 160 valence electrons. The number of nitrogens with zero attached hydrogens (tertiary/aromatic N) is 2. The summed E-state index contributed by atoms with van der Waals surface area (Å²) in [5.74, 6) is 0. The summed E-state index contributed by atoms with van der Waals surface area (Å²) < 4.78 is 61.1. The molecule has 0 amide bonds. The van der Waals surface area contributed by atoms with Crippen molar-refractivity contribution in [1.29, 1.82) is 0 Å². The van der Waals surface area contributed by atoms with Crippen LogP contribution in [0, 0.1) is 6.92 Å². The van der Waals surface area contributed by atoms with Crippen LogP contribution in [-0.2, 0) is 20.1 Å². The van der Waals surface area contributed by atoms with Crippen LogP contribution in [0.1, 0.15) is 12.6 Å². The fourth-order valence-corrected chi connectivity index (χ4v) is 5.32. The number of para-hydroxylation sites is 1. The Labute approximate surface area is 211 Å². The summed E-state index contributed by atoms with van der Waals surface area (Å²) in [5, 5.41) is 8.42. The Morgan fingerprint density at radius 2 is 1.74 bits per heavy atom. The average molecular weight is 513 g/mol. The molecular formula is C17H15Cl2N4NaO5S2. The second-order valence-corrected chi connectivity index (χ2v) is 10.1. The Kier molecular flexibility index (Phi) is 8.34. The van der Waals surface area contributed by atoms with Gasteiger partial charge in [-0.05, 0) is 25.1 Å². The van der Waals surface area contributed by atoms with Crippen LogP contribution < -0.4 is 34.3 Å². The summed E-state index contributed by atoms with van der Waals surface area (Å²) in [6.45, 7) is 3.44. The van der Waals surface area contributed by atoms with Crippen LogP contribution in [0.5, 0.6) is 0 Å². The Hall–Kier alpha value is -1.02. The number of aromatic nitrogens is 1. The van der Waals surface area contributed by atoms with E-state index < -0.39 is 25.0 Å². The van der Waals surface area contributed by atoms with Gasteiger partial charge >= 0.3 is 29.6 Å². The van der Waals surface area contributed by atoms with Crippen LogP contribution in [0.25, 0.3) is 10.9 Å². The molecule has 0 spiro atoms. The smallest absolute Gasteiger partial charge is 0.744 e. The predicted molar refractivity (Wildman–Crippen MR) is 112 cm³/mol. The summed E-state index contributed by atoms with van der Waals surface area (Å²) in [6.07, 6.45) is 0. The van der Waals surface area contributed by atoms with Gasteiger partial charge in [0.2, 0.25) is 10.0 Å². The Balaban J connectivity index is 0.00000341. The fraction of sp³-hybridized carbons (Fsp3) is 0.176. The van der Waals surface area contributed by atoms with Crippen molar-refractivity contribution in [3.63, 3.8) is 0 Å². The van der Waals surface area contributed by atoms with E-state index in [1.54, 1.807) is 19.9 Å². The molecule has 9 nitrogen and oxygen atoms in total. The van der Waals surface area contributed by atoms with Crippen molar-refractivity contribution in [3.8, 4) is 0 Å². The van der Waals surface area contributed by atoms with Crippen LogP contribution in [0.4, 0.5) is 11.4 Å². The van der Waals surface area contributed by atoms with Crippen LogP contribution >= 0.6 is 23.2 Å². The van der Waals surface area contributed by atoms with Gasteiger partial charge in [-0.15, -0.1) is 10.2 Å². The number of hydrogen-bond acceptors (Lipinski definition) is 7. The average Bonchev–Trinajstić information content (AvgIpc) is 2.96. The van der Waals surface area contributed by atoms with Crippen LogP contribution in [0.3, 0.4) is 0 Å². The van der Waals surface area contributed by atoms with Gasteiger partial charge in [0, 0.05) is 17.6 Å². The van der Waals surface area contributed by atoms with Gasteiger partial charge in [0.25, 0.3) is 0 Å². The Morgan fingerprint density at radius 1 is 1.06 bits per heavy atom. The van der Waals surface area contributed by atoms with Crippen molar-refractivity contribution in [2.24, 2.45) is 10.2 Å². The van der Waals surface area contributed by atoms with Crippen molar-refractivity contribution < 1.29 is 50.9 Å². The molecule has 3 aromatic rings. The summed E-state index contributed by atoms with van der Waals surface area (Å²) >= 11 is 12.3. The maximum absolute atomic E-state index is 12.2. The number of rotatable bonds is 6. The molecular weight excluding hydrogens is 498 g/mol. The number of halogens is 2. The van der Waals surface area contributed by atoms with E-state index in [-0.39, 0.29) is 62.2 Å². The van der Waals surface area contributed by atoms with Crippen LogP contribution in [-0.4, -0.2) is 32.9 Å². The summed E-state index contributed by atoms with van der Waals surface area (Å²) in [4.78, 5) is 2.24. The molecule has 2 N–H and O–H groups in total. The standard InChI is InChI=1S/C17H16Cl2N4O5S2.Na/c1-3-20-29(24,25)15-8-11(18)13(7-12(15)19)22-23-16-9(2)21-17-10(16)5-4-6-14(17)30(26,27)28;/h4-8,20-21H,3H2,1-2H3,(H,26,27,28);/q;+1/p-1. The molecule has 0 unspecified atom stereocenters. The minimum atomic E-state index is -4.69. The molecule has 0 fully saturated rings. The van der Waals surface area contributed by atoms with Crippen molar-refractivity contribution >= 4 is 65.6 Å². The van der Waals surface area contributed by atoms with E-state index in [4.69, 9.17) is 23.2 Å². The van der Waals surface area contributed by atoms with E-state index in [0.717, 1.165) is 0 Å². The number of benzene rings is 2. The first kappa shape index (κ1) is 26.2. The summed E-state index contributed by atoms with van der Waals surface area (Å²) in [6, 6.07) is 6.63. The normalized spacial score (nSPS) is 12.4. The van der Waals surface area contributed by atoms with E-state index in [1.165, 1.54) is 24.3 Å². The zero-order valence-corrected chi connectivity index (χ0v) is 21.7. The molecule has 0 aliphatic heterocycles. The number of fused-ring (bicyclic) bond motifs is 1. The largest absolute Gasteiger partial charge is 1.00 e. The number of aryl methyl sites for hydroxylation is 1. The number of azo groups is 1. The molecule has 14 heteroatoms. The van der Waals surface area contributed by atoms with Gasteiger partial charge in [-0.3, -0.25) is 0 Å². The van der Waals surface area contributed by atoms with Crippen LogP contribution in [0.2, 0.25) is 10.0 Å². The zero-order valence-electron chi connectivity index (χ0n) is 16.6. The van der Waals surface area contributed by atoms with Crippen LogP contribution in [0.15, 0.2) is 50.4 Å². The number of H-pyrrole nitrogens is 1. The molecule has 2 aromatic carbocycles. The molecule has 0 saturated carbocycles. The summed E-state index contributed by atoms with van der Waals surface area (Å²) in [7, 11) is -8.51. The number of hydrogen-bond donors (Lipinski definition) is 2. The molecule has 0 radical (unpaired) electrons. The first-order valence-electron chi connectivity index (χ1n) is 8.43. The van der Waals surface area contributed by atoms with Gasteiger partial charge in [-0.2, -0.15) is 0 Å². The van der Waals surface area contributed by atoms with Crippen molar-refractivity contribution in [3.05, 3.63) is 46.1 Å². The molecule has 0 bridgehead atoms. The molecule has 1 heterocycles. The molecule has 3 rings (SSSR count). The molecule has 31 heavy (non-hydrogen) atoms. The van der Waals surface area contributed by atoms with Gasteiger partial charge in [0.05, 0.1) is 20.5 Å².